The fourth-order valence-corrected chi connectivity index (χ4v) is 12.3. The van der Waals surface area contributed by atoms with Crippen LogP contribution in [-0.4, -0.2) is 17.0 Å². The molecule has 0 saturated heterocycles. The maximum atomic E-state index is 7.69. The van der Waals surface area contributed by atoms with Crippen LogP contribution >= 0.6 is 17.9 Å². The molecule has 0 heterocycles. The zero-order valence-electron chi connectivity index (χ0n) is 15.2. The van der Waals surface area contributed by atoms with Crippen LogP contribution in [0.5, 0.6) is 0 Å². The van der Waals surface area contributed by atoms with Crippen LogP contribution in [0.15, 0.2) is 0 Å². The van der Waals surface area contributed by atoms with Gasteiger partial charge in [-0.05, 0) is 77.0 Å². The Kier molecular flexibility index (Phi) is 9.32. The summed E-state index contributed by atoms with van der Waals surface area (Å²) < 4.78 is 0. The summed E-state index contributed by atoms with van der Waals surface area (Å²) in [6.07, 6.45) is 22.1. The zero-order chi connectivity index (χ0) is 13.8. The van der Waals surface area contributed by atoms with Gasteiger partial charge in [-0.15, -0.1) is 0 Å². The molecular weight excluding hydrogens is 368 g/mol. The monoisotopic (exact) mass is 401 g/mol. The summed E-state index contributed by atoms with van der Waals surface area (Å²) in [4.78, 5) is 0. The molecule has 3 aliphatic rings. The van der Waals surface area contributed by atoms with E-state index in [4.69, 9.17) is 11.2 Å². The predicted molar refractivity (Wildman–Crippen MR) is 94.5 cm³/mol. The van der Waals surface area contributed by atoms with Crippen molar-refractivity contribution in [2.45, 2.75) is 113 Å². The van der Waals surface area contributed by atoms with Gasteiger partial charge in [0.25, 0.3) is 0 Å². The van der Waals surface area contributed by atoms with Crippen molar-refractivity contribution >= 4 is 17.9 Å². The standard InChI is InChI=1S/C18H33ClP.Rb.H/c19-20(16-10-4-1-5-11-16,17-12-6-2-7-13-17)18-14-8-3-9-15-18;;/h16-18H,1-15H2;;/q2*+1;-1. The van der Waals surface area contributed by atoms with E-state index in [0.29, 0.717) is 0 Å². The van der Waals surface area contributed by atoms with Crippen LogP contribution in [0.1, 0.15) is 97.7 Å². The fourth-order valence-electron chi connectivity index (χ4n) is 5.32. The molecule has 3 rings (SSSR count). The van der Waals surface area contributed by atoms with Crippen molar-refractivity contribution in [3.63, 3.8) is 0 Å². The minimum Gasteiger partial charge on any atom is -1.00 e. The van der Waals surface area contributed by atoms with Crippen LogP contribution < -0.4 is 58.2 Å². The first-order valence-corrected chi connectivity index (χ1v) is 12.3. The Morgan fingerprint density at radius 3 is 1.00 bits per heavy atom. The summed E-state index contributed by atoms with van der Waals surface area (Å²) in [6, 6.07) is 0. The number of hydrogen-bond acceptors (Lipinski definition) is 0. The molecule has 3 fully saturated rings. The summed E-state index contributed by atoms with van der Waals surface area (Å²) >= 11 is 7.69. The first-order chi connectivity index (χ1) is 9.82. The Labute approximate surface area is 188 Å². The van der Waals surface area contributed by atoms with Crippen molar-refractivity contribution in [3.05, 3.63) is 0 Å². The normalized spacial score (nSPS) is 27.3. The summed E-state index contributed by atoms with van der Waals surface area (Å²) in [7, 11) is 0. The fraction of sp³-hybridized carbons (Fsp3) is 1.00. The van der Waals surface area contributed by atoms with Crippen LogP contribution in [0, 0.1) is 0 Å². The molecule has 3 saturated carbocycles. The molecule has 118 valence electrons. The van der Waals surface area contributed by atoms with Gasteiger partial charge in [0, 0.05) is 0 Å². The van der Waals surface area contributed by atoms with Gasteiger partial charge in [0.1, 0.15) is 6.62 Å². The van der Waals surface area contributed by atoms with Crippen molar-refractivity contribution in [1.29, 1.82) is 0 Å². The molecule has 21 heavy (non-hydrogen) atoms. The SMILES string of the molecule is Cl[P+](C1CCCCC1)(C1CCCCC1)C1CCCCC1.[H-].[Rb+]. The van der Waals surface area contributed by atoms with E-state index in [9.17, 15) is 0 Å². The predicted octanol–water partition coefficient (Wildman–Crippen LogP) is 4.27. The molecule has 0 N–H and O–H groups in total. The van der Waals surface area contributed by atoms with Crippen molar-refractivity contribution in [2.75, 3.05) is 0 Å². The van der Waals surface area contributed by atoms with Crippen molar-refractivity contribution in [3.8, 4) is 0 Å². The largest absolute Gasteiger partial charge is 1.00 e. The molecule has 0 spiro atoms. The number of rotatable bonds is 3. The van der Waals surface area contributed by atoms with Crippen LogP contribution in [0.2, 0.25) is 0 Å². The van der Waals surface area contributed by atoms with E-state index in [1.807, 2.05) is 0 Å². The van der Waals surface area contributed by atoms with Crippen molar-refractivity contribution in [1.82, 2.24) is 0 Å². The molecule has 0 aromatic heterocycles. The molecule has 3 aliphatic carbocycles. The molecule has 0 nitrogen and oxygen atoms in total. The Balaban J connectivity index is 0.00000121. The van der Waals surface area contributed by atoms with E-state index >= 15 is 0 Å². The van der Waals surface area contributed by atoms with Gasteiger partial charge < -0.3 is 1.43 Å². The summed E-state index contributed by atoms with van der Waals surface area (Å²) in [5.41, 5.74) is 2.84. The van der Waals surface area contributed by atoms with Crippen LogP contribution in [0.4, 0.5) is 0 Å². The van der Waals surface area contributed by atoms with E-state index in [1.165, 1.54) is 96.3 Å². The molecule has 0 unspecified atom stereocenters. The number of halogens is 1. The summed E-state index contributed by atoms with van der Waals surface area (Å²) in [5, 5.41) is 0. The van der Waals surface area contributed by atoms with Crippen molar-refractivity contribution < 1.29 is 59.6 Å². The Morgan fingerprint density at radius 2 is 0.762 bits per heavy atom. The second-order valence-electron chi connectivity index (χ2n) is 7.62. The van der Waals surface area contributed by atoms with Crippen LogP contribution in [-0.2, 0) is 0 Å². The molecule has 0 bridgehead atoms. The second kappa shape index (κ2) is 9.87. The number of hydrogen-bond donors (Lipinski definition) is 0. The third-order valence-electron chi connectivity index (χ3n) is 6.40. The third-order valence-corrected chi connectivity index (χ3v) is 13.8. The smallest absolute Gasteiger partial charge is 1.00 e. The first-order valence-electron chi connectivity index (χ1n) is 9.39. The summed E-state index contributed by atoms with van der Waals surface area (Å²) in [5.74, 6) is 0. The quantitative estimate of drug-likeness (QED) is 0.619. The average Bonchev–Trinajstić information content (AvgIpc) is 2.56. The van der Waals surface area contributed by atoms with Gasteiger partial charge in [0.2, 0.25) is 0 Å². The molecule has 0 amide bonds. The third kappa shape index (κ3) is 4.79. The molecule has 0 aromatic rings. The van der Waals surface area contributed by atoms with E-state index in [2.05, 4.69) is 0 Å². The van der Waals surface area contributed by atoms with E-state index in [1.54, 1.807) is 0 Å². The minimum absolute atomic E-state index is 0. The Morgan fingerprint density at radius 1 is 0.524 bits per heavy atom. The molecule has 0 aliphatic heterocycles. The van der Waals surface area contributed by atoms with Gasteiger partial charge in [-0.2, -0.15) is 0 Å². The zero-order valence-corrected chi connectivity index (χ0v) is 20.7. The van der Waals surface area contributed by atoms with E-state index in [0.717, 1.165) is 17.0 Å². The molecular formula is C18H34ClPRb+. The maximum Gasteiger partial charge on any atom is 1.00 e. The summed E-state index contributed by atoms with van der Waals surface area (Å²) in [6.45, 7) is -1.22. The first kappa shape index (κ1) is 19.8. The minimum atomic E-state index is -1.22. The van der Waals surface area contributed by atoms with E-state index < -0.39 is 6.62 Å². The van der Waals surface area contributed by atoms with Gasteiger partial charge in [-0.1, -0.05) is 19.3 Å². The van der Waals surface area contributed by atoms with Crippen LogP contribution in [0.3, 0.4) is 0 Å². The molecule has 0 aromatic carbocycles. The molecule has 0 radical (unpaired) electrons. The maximum absolute atomic E-state index is 7.69. The Hall–Kier alpha value is 2.53. The van der Waals surface area contributed by atoms with Gasteiger partial charge in [0.15, 0.2) is 0 Å². The topological polar surface area (TPSA) is 0 Å². The van der Waals surface area contributed by atoms with Crippen molar-refractivity contribution in [2.24, 2.45) is 0 Å². The van der Waals surface area contributed by atoms with Crippen LogP contribution in [0.25, 0.3) is 0 Å². The average molecular weight is 402 g/mol. The Bertz CT molecular complexity index is 252. The van der Waals surface area contributed by atoms with Gasteiger partial charge in [-0.25, -0.2) is 0 Å². The molecule has 3 heteroatoms. The van der Waals surface area contributed by atoms with Gasteiger partial charge in [0.05, 0.1) is 28.2 Å². The molecule has 0 atom stereocenters. The van der Waals surface area contributed by atoms with Gasteiger partial charge in [-0.3, -0.25) is 0 Å². The van der Waals surface area contributed by atoms with Gasteiger partial charge >= 0.3 is 58.2 Å². The second-order valence-corrected chi connectivity index (χ2v) is 13.0. The van der Waals surface area contributed by atoms with E-state index in [-0.39, 0.29) is 59.6 Å².